The lowest BCUT2D eigenvalue weighted by molar-refractivity contribution is -0.119. The van der Waals surface area contributed by atoms with Crippen LogP contribution in [0.3, 0.4) is 0 Å². The van der Waals surface area contributed by atoms with Crippen molar-refractivity contribution >= 4 is 17.2 Å². The first-order valence-corrected chi connectivity index (χ1v) is 6.67. The summed E-state index contributed by atoms with van der Waals surface area (Å²) in [5.41, 5.74) is 0. The van der Waals surface area contributed by atoms with Crippen LogP contribution in [0.1, 0.15) is 58.3 Å². The van der Waals surface area contributed by atoms with Crippen LogP contribution < -0.4 is 4.72 Å². The maximum Gasteiger partial charge on any atom is 0.261 e. The summed E-state index contributed by atoms with van der Waals surface area (Å²) in [6, 6.07) is 0. The van der Waals surface area contributed by atoms with E-state index in [-0.39, 0.29) is 5.91 Å². The van der Waals surface area contributed by atoms with Crippen molar-refractivity contribution in [2.45, 2.75) is 58.3 Å². The molecule has 5 heteroatoms. The summed E-state index contributed by atoms with van der Waals surface area (Å²) in [5.74, 6) is -0.343. The fraction of sp³-hybridized carbons (Fsp3) is 0.900. The summed E-state index contributed by atoms with van der Waals surface area (Å²) in [4.78, 5) is 10.9. The number of hydrogen-bond acceptors (Lipinski definition) is 2. The maximum atomic E-state index is 10.9. The van der Waals surface area contributed by atoms with Crippen LogP contribution in [0, 0.1) is 0 Å². The van der Waals surface area contributed by atoms with E-state index in [1.165, 1.54) is 25.7 Å². The molecule has 0 aliphatic rings. The van der Waals surface area contributed by atoms with Crippen LogP contribution in [0.2, 0.25) is 0 Å². The third kappa shape index (κ3) is 11.5. The van der Waals surface area contributed by atoms with E-state index in [4.69, 9.17) is 4.55 Å². The second kappa shape index (κ2) is 10.1. The maximum absolute atomic E-state index is 10.9. The number of rotatable bonds is 9. The van der Waals surface area contributed by atoms with Crippen molar-refractivity contribution in [2.75, 3.05) is 0 Å². The molecule has 0 fully saturated rings. The number of unbranched alkanes of at least 4 members (excludes halogenated alkanes) is 6. The number of amides is 1. The zero-order valence-electron chi connectivity index (χ0n) is 9.33. The van der Waals surface area contributed by atoms with Gasteiger partial charge in [0.05, 0.1) is 0 Å². The minimum atomic E-state index is -2.21. The molecule has 0 aromatic heterocycles. The van der Waals surface area contributed by atoms with Gasteiger partial charge < -0.3 is 0 Å². The molecule has 0 aromatic rings. The van der Waals surface area contributed by atoms with Gasteiger partial charge in [-0.15, -0.1) is 0 Å². The zero-order chi connectivity index (χ0) is 11.5. The van der Waals surface area contributed by atoms with Gasteiger partial charge in [0.25, 0.3) is 11.3 Å². The second-order valence-electron chi connectivity index (χ2n) is 3.65. The van der Waals surface area contributed by atoms with E-state index in [2.05, 4.69) is 6.92 Å². The van der Waals surface area contributed by atoms with Gasteiger partial charge in [0, 0.05) is 6.42 Å². The van der Waals surface area contributed by atoms with Crippen LogP contribution in [0.15, 0.2) is 0 Å². The van der Waals surface area contributed by atoms with E-state index >= 15 is 0 Å². The first kappa shape index (κ1) is 14.6. The first-order chi connectivity index (χ1) is 7.16. The van der Waals surface area contributed by atoms with Gasteiger partial charge in [0.1, 0.15) is 0 Å². The highest BCUT2D eigenvalue weighted by molar-refractivity contribution is 7.77. The number of carbonyl (C=O) groups excluding carboxylic acids is 1. The summed E-state index contributed by atoms with van der Waals surface area (Å²) in [5, 5.41) is 0. The average Bonchev–Trinajstić information content (AvgIpc) is 2.15. The summed E-state index contributed by atoms with van der Waals surface area (Å²) in [6.45, 7) is 2.18. The summed E-state index contributed by atoms with van der Waals surface area (Å²) in [6.07, 6.45) is 8.33. The predicted octanol–water partition coefficient (Wildman–Crippen LogP) is 2.38. The Hall–Kier alpha value is -0.420. The van der Waals surface area contributed by atoms with Gasteiger partial charge in [-0.1, -0.05) is 45.4 Å². The minimum absolute atomic E-state index is 0.343. The molecule has 90 valence electrons. The Balaban J connectivity index is 3.16. The van der Waals surface area contributed by atoms with Crippen molar-refractivity contribution in [3.8, 4) is 0 Å². The highest BCUT2D eigenvalue weighted by Crippen LogP contribution is 2.08. The Kier molecular flexibility index (Phi) is 9.83. The third-order valence-corrected chi connectivity index (χ3v) is 2.61. The average molecular weight is 235 g/mol. The molecule has 15 heavy (non-hydrogen) atoms. The fourth-order valence-electron chi connectivity index (χ4n) is 1.39. The Morgan fingerprint density at radius 2 is 1.67 bits per heavy atom. The monoisotopic (exact) mass is 235 g/mol. The molecule has 0 spiro atoms. The van der Waals surface area contributed by atoms with Crippen molar-refractivity contribution < 1.29 is 13.6 Å². The van der Waals surface area contributed by atoms with Crippen LogP contribution >= 0.6 is 0 Å². The van der Waals surface area contributed by atoms with Gasteiger partial charge in [-0.3, -0.25) is 14.1 Å². The van der Waals surface area contributed by atoms with Crippen LogP contribution in [-0.2, 0) is 16.1 Å². The van der Waals surface area contributed by atoms with Gasteiger partial charge in [0.15, 0.2) is 0 Å². The predicted molar refractivity (Wildman–Crippen MR) is 61.5 cm³/mol. The van der Waals surface area contributed by atoms with E-state index < -0.39 is 11.3 Å². The lowest BCUT2D eigenvalue weighted by Crippen LogP contribution is -2.24. The molecule has 0 rings (SSSR count). The van der Waals surface area contributed by atoms with Gasteiger partial charge in [-0.05, 0) is 6.42 Å². The van der Waals surface area contributed by atoms with E-state index in [0.29, 0.717) is 6.42 Å². The Morgan fingerprint density at radius 1 is 1.13 bits per heavy atom. The van der Waals surface area contributed by atoms with Crippen LogP contribution in [0.25, 0.3) is 0 Å². The smallest absolute Gasteiger partial charge is 0.261 e. The van der Waals surface area contributed by atoms with Gasteiger partial charge in [0.2, 0.25) is 5.91 Å². The molecule has 0 radical (unpaired) electrons. The standard InChI is InChI=1S/C10H21NO3S/c1-2-3-4-5-6-7-8-9-10(12)11-15(13)14/h2-9H2,1H3,(H,11,12)(H,13,14). The van der Waals surface area contributed by atoms with E-state index in [0.717, 1.165) is 19.3 Å². The summed E-state index contributed by atoms with van der Waals surface area (Å²) >= 11 is -2.21. The highest BCUT2D eigenvalue weighted by Gasteiger charge is 2.02. The van der Waals surface area contributed by atoms with Crippen molar-refractivity contribution in [1.29, 1.82) is 0 Å². The first-order valence-electron chi connectivity index (χ1n) is 5.57. The van der Waals surface area contributed by atoms with E-state index in [9.17, 15) is 9.00 Å². The number of nitrogens with one attached hydrogen (secondary N) is 1. The lowest BCUT2D eigenvalue weighted by Gasteiger charge is -2.01. The van der Waals surface area contributed by atoms with Gasteiger partial charge in [-0.2, -0.15) is 0 Å². The van der Waals surface area contributed by atoms with Crippen molar-refractivity contribution in [2.24, 2.45) is 0 Å². The quantitative estimate of drug-likeness (QED) is 0.476. The normalized spacial score (nSPS) is 12.4. The Labute approximate surface area is 94.2 Å². The molecule has 0 aromatic carbocycles. The van der Waals surface area contributed by atoms with Crippen molar-refractivity contribution in [1.82, 2.24) is 4.72 Å². The van der Waals surface area contributed by atoms with Gasteiger partial charge in [-0.25, -0.2) is 4.21 Å². The molecule has 0 bridgehead atoms. The highest BCUT2D eigenvalue weighted by atomic mass is 32.2. The topological polar surface area (TPSA) is 66.4 Å². The molecule has 1 amide bonds. The van der Waals surface area contributed by atoms with Crippen molar-refractivity contribution in [3.05, 3.63) is 0 Å². The molecule has 0 saturated heterocycles. The van der Waals surface area contributed by atoms with Crippen LogP contribution in [-0.4, -0.2) is 14.7 Å². The molecular weight excluding hydrogens is 214 g/mol. The zero-order valence-corrected chi connectivity index (χ0v) is 10.1. The fourth-order valence-corrected chi connectivity index (χ4v) is 1.69. The Bertz CT molecular complexity index is 197. The number of hydrogen-bond donors (Lipinski definition) is 2. The van der Waals surface area contributed by atoms with Crippen LogP contribution in [0.4, 0.5) is 0 Å². The molecule has 2 N–H and O–H groups in total. The largest absolute Gasteiger partial charge is 0.289 e. The molecular formula is C10H21NO3S. The molecule has 0 saturated carbocycles. The van der Waals surface area contributed by atoms with Crippen molar-refractivity contribution in [3.63, 3.8) is 0 Å². The molecule has 4 nitrogen and oxygen atoms in total. The molecule has 0 aliphatic heterocycles. The summed E-state index contributed by atoms with van der Waals surface area (Å²) < 4.78 is 20.5. The molecule has 1 unspecified atom stereocenters. The lowest BCUT2D eigenvalue weighted by atomic mass is 10.1. The molecule has 0 heterocycles. The molecule has 1 atom stereocenters. The number of carbonyl (C=O) groups is 1. The van der Waals surface area contributed by atoms with Gasteiger partial charge >= 0.3 is 0 Å². The molecule has 0 aliphatic carbocycles. The SMILES string of the molecule is CCCCCCCCCC(=O)NS(=O)O. The van der Waals surface area contributed by atoms with E-state index in [1.54, 1.807) is 0 Å². The minimum Gasteiger partial charge on any atom is -0.289 e. The third-order valence-electron chi connectivity index (χ3n) is 2.21. The summed E-state index contributed by atoms with van der Waals surface area (Å²) in [7, 11) is 0. The van der Waals surface area contributed by atoms with E-state index in [1.807, 2.05) is 4.72 Å². The van der Waals surface area contributed by atoms with Crippen LogP contribution in [0.5, 0.6) is 0 Å². The Morgan fingerprint density at radius 3 is 2.20 bits per heavy atom. The second-order valence-corrected chi connectivity index (χ2v) is 4.35.